The second-order valence-corrected chi connectivity index (χ2v) is 22.5. The van der Waals surface area contributed by atoms with E-state index in [1.165, 1.54) is 16.7 Å². The van der Waals surface area contributed by atoms with Gasteiger partial charge in [-0.2, -0.15) is 12.1 Å². The Morgan fingerprint density at radius 3 is 1.70 bits per heavy atom. The molecule has 0 saturated heterocycles. The smallest absolute Gasteiger partial charge is 0.135 e. The van der Waals surface area contributed by atoms with Crippen LogP contribution in [0, 0.1) is 18.8 Å². The molecule has 358 valence electrons. The molecule has 3 heterocycles. The topological polar surface area (TPSA) is 33.5 Å². The van der Waals surface area contributed by atoms with Crippen molar-refractivity contribution in [1.82, 2.24) is 9.55 Å². The van der Waals surface area contributed by atoms with Crippen molar-refractivity contribution in [2.24, 2.45) is 0 Å². The molecule has 6 heteroatoms. The minimum Gasteiger partial charge on any atom is -0.509 e. The van der Waals surface area contributed by atoms with Gasteiger partial charge < -0.3 is 19.1 Å². The largest absolute Gasteiger partial charge is 0.509 e. The van der Waals surface area contributed by atoms with Crippen molar-refractivity contribution in [3.8, 4) is 39.6 Å². The van der Waals surface area contributed by atoms with Crippen LogP contribution in [-0.2, 0) is 42.7 Å². The van der Waals surface area contributed by atoms with E-state index in [0.29, 0.717) is 22.6 Å². The summed E-state index contributed by atoms with van der Waals surface area (Å²) in [5.74, 6) is 1.25. The zero-order valence-electron chi connectivity index (χ0n) is 45.4. The Labute approximate surface area is 434 Å². The Balaban J connectivity index is 0.00000656. The Kier molecular flexibility index (Phi) is 11.6. The van der Waals surface area contributed by atoms with Gasteiger partial charge in [0, 0.05) is 72.4 Å². The molecular weight excluding hydrogens is 1040 g/mol. The zero-order valence-corrected chi connectivity index (χ0v) is 44.6. The number of nitrogens with zero attached hydrogens (tertiary/aromatic N) is 4. The van der Waals surface area contributed by atoms with Crippen molar-refractivity contribution in [2.75, 3.05) is 9.80 Å². The molecule has 1 aliphatic heterocycles. The number of benzene rings is 7. The van der Waals surface area contributed by atoms with E-state index in [1.807, 2.05) is 73.9 Å². The van der Waals surface area contributed by atoms with E-state index >= 15 is 0 Å². The van der Waals surface area contributed by atoms with Crippen LogP contribution in [0.5, 0.6) is 11.5 Å². The Hall–Kier alpha value is -6.42. The predicted molar refractivity (Wildman–Crippen MR) is 290 cm³/mol. The Bertz CT molecular complexity index is 3510. The van der Waals surface area contributed by atoms with E-state index in [1.54, 1.807) is 0 Å². The molecule has 5 nitrogen and oxygen atoms in total. The van der Waals surface area contributed by atoms with E-state index < -0.39 is 5.41 Å². The molecule has 0 unspecified atom stereocenters. The van der Waals surface area contributed by atoms with Gasteiger partial charge in [0.2, 0.25) is 0 Å². The fourth-order valence-electron chi connectivity index (χ4n) is 9.25. The molecule has 9 aromatic rings. The Morgan fingerprint density at radius 2 is 1.09 bits per heavy atom. The van der Waals surface area contributed by atoms with Gasteiger partial charge in [0.05, 0.1) is 4.11 Å². The van der Waals surface area contributed by atoms with Crippen LogP contribution in [-0.4, -0.2) is 9.55 Å². The number of aromatic nitrogens is 2. The first kappa shape index (κ1) is 44.8. The number of para-hydroxylation sites is 3. The predicted octanol–water partition coefficient (Wildman–Crippen LogP) is 17.5. The second kappa shape index (κ2) is 18.1. The molecule has 0 amide bonds. The van der Waals surface area contributed by atoms with Gasteiger partial charge in [0.1, 0.15) is 5.82 Å². The van der Waals surface area contributed by atoms with Crippen molar-refractivity contribution in [3.63, 3.8) is 0 Å². The maximum absolute atomic E-state index is 9.38. The summed E-state index contributed by atoms with van der Waals surface area (Å²) in [6.07, 6.45) is -0.173. The van der Waals surface area contributed by atoms with Crippen molar-refractivity contribution in [1.29, 1.82) is 0 Å². The van der Waals surface area contributed by atoms with Crippen molar-refractivity contribution >= 4 is 44.6 Å². The number of anilines is 4. The molecule has 0 bridgehead atoms. The zero-order chi connectivity index (χ0) is 51.2. The van der Waals surface area contributed by atoms with Crippen LogP contribution in [0.2, 0.25) is 0 Å². The van der Waals surface area contributed by atoms with Crippen LogP contribution >= 0.6 is 0 Å². The maximum Gasteiger partial charge on any atom is 0.135 e. The number of fused-ring (bicyclic) bond motifs is 4. The number of hydrogen-bond acceptors (Lipinski definition) is 4. The molecule has 0 spiro atoms. The quantitative estimate of drug-likeness (QED) is 0.149. The summed E-state index contributed by atoms with van der Waals surface area (Å²) in [5.41, 5.74) is 13.6. The molecule has 70 heavy (non-hydrogen) atoms. The fraction of sp³-hybridized carbons (Fsp3) is 0.250. The summed E-state index contributed by atoms with van der Waals surface area (Å²) in [5, 5.41) is 1.86. The first-order chi connectivity index (χ1) is 34.0. The minimum atomic E-state index is -0.554. The third-order valence-corrected chi connectivity index (χ3v) is 13.3. The van der Waals surface area contributed by atoms with Crippen LogP contribution in [0.15, 0.2) is 158 Å². The van der Waals surface area contributed by atoms with Gasteiger partial charge in [-0.25, -0.2) is 4.98 Å². The van der Waals surface area contributed by atoms with Gasteiger partial charge in [0.15, 0.2) is 0 Å². The average molecular weight is 1100 g/mol. The van der Waals surface area contributed by atoms with Gasteiger partial charge in [-0.05, 0) is 103 Å². The van der Waals surface area contributed by atoms with Crippen LogP contribution in [0.3, 0.4) is 0 Å². The van der Waals surface area contributed by atoms with Crippen molar-refractivity contribution < 1.29 is 29.9 Å². The first-order valence-electron chi connectivity index (χ1n) is 25.5. The molecule has 2 aromatic heterocycles. The minimum absolute atomic E-state index is 0. The molecule has 0 atom stereocenters. The standard InChI is InChI=1S/C64H63N4O.Pt/c1-61(2,3)44-22-17-20-42(34-44)53-36-47(64(10,11)12)37-54(43-21-18-23-45(35-43)62(4,5)6)60(53)67-41-66(56-28-15-16-29-57(56)67)48-24-19-25-49(39-48)69-50-30-31-52-51-26-13-14-27-55(51)68(58(52)40-50)59-38-46(32-33-65-59)63(7,8)9;/h13-38,41H,1-12H3;/q-3;/i32D,33D,38D;. The van der Waals surface area contributed by atoms with Gasteiger partial charge >= 0.3 is 0 Å². The third-order valence-electron chi connectivity index (χ3n) is 13.3. The van der Waals surface area contributed by atoms with E-state index in [-0.39, 0.29) is 61.4 Å². The van der Waals surface area contributed by atoms with Gasteiger partial charge in [-0.1, -0.05) is 167 Å². The molecule has 7 aromatic carbocycles. The fourth-order valence-corrected chi connectivity index (χ4v) is 9.25. The average Bonchev–Trinajstić information content (AvgIpc) is 3.87. The first-order valence-corrected chi connectivity index (χ1v) is 24.0. The number of hydrogen-bond donors (Lipinski definition) is 0. The molecule has 0 fully saturated rings. The van der Waals surface area contributed by atoms with E-state index in [4.69, 9.17) is 7.48 Å². The Morgan fingerprint density at radius 1 is 0.529 bits per heavy atom. The number of ether oxygens (including phenoxy) is 1. The molecule has 0 N–H and O–H groups in total. The van der Waals surface area contributed by atoms with E-state index in [0.717, 1.165) is 61.3 Å². The van der Waals surface area contributed by atoms with Gasteiger partial charge in [-0.3, -0.25) is 0 Å². The van der Waals surface area contributed by atoms with Crippen molar-refractivity contribution in [2.45, 2.75) is 105 Å². The van der Waals surface area contributed by atoms with Crippen LogP contribution in [0.4, 0.5) is 22.7 Å². The molecule has 0 saturated carbocycles. The molecule has 0 radical (unpaired) electrons. The molecule has 1 aliphatic rings. The van der Waals surface area contributed by atoms with Gasteiger partial charge in [-0.15, -0.1) is 48.1 Å². The SMILES string of the molecule is [2H]c1nc(-n2c3[c-]c(Oc4[c-]c(N5[CH-]N(c6c(-c7cccc(C(C)(C)C)c7)cc(C(C)(C)C)cc6-c6cccc(C(C)(C)C)c6)c6ccccc65)ccc4)ccc3c3ccccc32)c([2H])c(C(C)(C)C)c1[2H].[Pt]. The van der Waals surface area contributed by atoms with Gasteiger partial charge in [0.25, 0.3) is 0 Å². The molecule has 0 aliphatic carbocycles. The molecular formula is C64H63N4OPt-3. The number of pyridine rings is 1. The second-order valence-electron chi connectivity index (χ2n) is 22.5. The summed E-state index contributed by atoms with van der Waals surface area (Å²) in [7, 11) is 0. The summed E-state index contributed by atoms with van der Waals surface area (Å²) in [4.78, 5) is 9.12. The molecule has 10 rings (SSSR count). The normalized spacial score (nSPS) is 13.8. The monoisotopic (exact) mass is 1100 g/mol. The number of rotatable bonds is 7. The summed E-state index contributed by atoms with van der Waals surface area (Å²) < 4.78 is 35.4. The maximum atomic E-state index is 9.38. The summed E-state index contributed by atoms with van der Waals surface area (Å²) in [6.45, 7) is 28.6. The van der Waals surface area contributed by atoms with Crippen LogP contribution < -0.4 is 14.5 Å². The summed E-state index contributed by atoms with van der Waals surface area (Å²) in [6, 6.07) is 56.5. The van der Waals surface area contributed by atoms with E-state index in [9.17, 15) is 1.37 Å². The van der Waals surface area contributed by atoms with Crippen LogP contribution in [0.1, 0.15) is 109 Å². The van der Waals surface area contributed by atoms with E-state index in [2.05, 4.69) is 187 Å². The third kappa shape index (κ3) is 9.22. The summed E-state index contributed by atoms with van der Waals surface area (Å²) >= 11 is 0. The van der Waals surface area contributed by atoms with Crippen LogP contribution in [0.25, 0.3) is 49.9 Å². The van der Waals surface area contributed by atoms with Crippen molar-refractivity contribution in [3.05, 3.63) is 199 Å².